The highest BCUT2D eigenvalue weighted by atomic mass is 32.2. The van der Waals surface area contributed by atoms with Gasteiger partial charge in [-0.15, -0.1) is 0 Å². The number of nitrogens with two attached hydrogens (primary N) is 1. The molecule has 0 radical (unpaired) electrons. The summed E-state index contributed by atoms with van der Waals surface area (Å²) in [6.45, 7) is 3.94. The fraction of sp³-hybridized carbons (Fsp3) is 0.533. The van der Waals surface area contributed by atoms with Crippen molar-refractivity contribution in [1.82, 2.24) is 4.31 Å². The van der Waals surface area contributed by atoms with Gasteiger partial charge in [0.05, 0.1) is 11.4 Å². The molecule has 1 saturated heterocycles. The smallest absolute Gasteiger partial charge is 0.250 e. The first-order valence-electron chi connectivity index (χ1n) is 7.33. The molecule has 1 aliphatic rings. The lowest BCUT2D eigenvalue weighted by atomic mass is 9.99. The van der Waals surface area contributed by atoms with Crippen LogP contribution in [0, 0.1) is 0 Å². The number of benzene rings is 1. The SMILES string of the molecule is CCC(C)c1ccc(S(=O)(=O)N2CCC(O)(C(N)=O)C2)cc1. The van der Waals surface area contributed by atoms with Gasteiger partial charge < -0.3 is 10.8 Å². The molecule has 3 N–H and O–H groups in total. The third kappa shape index (κ3) is 3.02. The van der Waals surface area contributed by atoms with Crippen molar-refractivity contribution in [2.75, 3.05) is 13.1 Å². The molecule has 0 aromatic heterocycles. The molecular weight excluding hydrogens is 304 g/mol. The molecule has 6 nitrogen and oxygen atoms in total. The highest BCUT2D eigenvalue weighted by Gasteiger charge is 2.45. The Morgan fingerprint density at radius 2 is 2.00 bits per heavy atom. The van der Waals surface area contributed by atoms with E-state index in [1.807, 2.05) is 0 Å². The monoisotopic (exact) mass is 326 g/mol. The van der Waals surface area contributed by atoms with Gasteiger partial charge in [-0.25, -0.2) is 8.42 Å². The molecule has 1 aromatic rings. The number of carbonyl (C=O) groups excluding carboxylic acids is 1. The third-order valence-electron chi connectivity index (χ3n) is 4.37. The minimum Gasteiger partial charge on any atom is -0.379 e. The largest absolute Gasteiger partial charge is 0.379 e. The second-order valence-electron chi connectivity index (χ2n) is 5.86. The molecule has 1 fully saturated rings. The van der Waals surface area contributed by atoms with Crippen LogP contribution in [0.15, 0.2) is 29.2 Å². The molecule has 122 valence electrons. The van der Waals surface area contributed by atoms with Crippen LogP contribution < -0.4 is 5.73 Å². The standard InChI is InChI=1S/C15H22N2O4S/c1-3-11(2)12-4-6-13(7-5-12)22(20,21)17-9-8-15(19,10-17)14(16)18/h4-7,11,19H,3,8-10H2,1-2H3,(H2,16,18). The lowest BCUT2D eigenvalue weighted by Gasteiger charge is -2.20. The number of primary amides is 1. The van der Waals surface area contributed by atoms with Crippen molar-refractivity contribution >= 4 is 15.9 Å². The number of nitrogens with zero attached hydrogens (tertiary/aromatic N) is 1. The van der Waals surface area contributed by atoms with Crippen LogP contribution in [0.25, 0.3) is 0 Å². The molecule has 1 amide bonds. The van der Waals surface area contributed by atoms with E-state index in [9.17, 15) is 18.3 Å². The maximum absolute atomic E-state index is 12.6. The summed E-state index contributed by atoms with van der Waals surface area (Å²) in [5.41, 5.74) is 4.44. The van der Waals surface area contributed by atoms with Crippen LogP contribution in [0.2, 0.25) is 0 Å². The number of hydrogen-bond donors (Lipinski definition) is 2. The average molecular weight is 326 g/mol. The lowest BCUT2D eigenvalue weighted by Crippen LogP contribution is -2.46. The molecule has 2 unspecified atom stereocenters. The Labute approximate surface area is 131 Å². The van der Waals surface area contributed by atoms with Crippen molar-refractivity contribution in [3.8, 4) is 0 Å². The summed E-state index contributed by atoms with van der Waals surface area (Å²) in [6, 6.07) is 6.74. The van der Waals surface area contributed by atoms with Gasteiger partial charge in [-0.2, -0.15) is 4.31 Å². The van der Waals surface area contributed by atoms with Gasteiger partial charge in [0.1, 0.15) is 0 Å². The summed E-state index contributed by atoms with van der Waals surface area (Å²) in [4.78, 5) is 11.4. The topological polar surface area (TPSA) is 101 Å². The van der Waals surface area contributed by atoms with E-state index in [0.29, 0.717) is 5.92 Å². The predicted octanol–water partition coefficient (Wildman–Crippen LogP) is 0.811. The van der Waals surface area contributed by atoms with Crippen molar-refractivity contribution < 1.29 is 18.3 Å². The van der Waals surface area contributed by atoms with Gasteiger partial charge in [-0.1, -0.05) is 26.0 Å². The van der Waals surface area contributed by atoms with Crippen LogP contribution in [0.5, 0.6) is 0 Å². The number of amides is 1. The second kappa shape index (κ2) is 5.98. The minimum atomic E-state index is -3.73. The number of carbonyl (C=O) groups is 1. The Hall–Kier alpha value is -1.44. The number of sulfonamides is 1. The Bertz CT molecular complexity index is 657. The molecule has 0 bridgehead atoms. The van der Waals surface area contributed by atoms with Gasteiger partial charge in [-0.3, -0.25) is 4.79 Å². The van der Waals surface area contributed by atoms with Crippen LogP contribution in [-0.2, 0) is 14.8 Å². The first kappa shape index (κ1) is 16.9. The van der Waals surface area contributed by atoms with E-state index in [0.717, 1.165) is 16.3 Å². The first-order valence-corrected chi connectivity index (χ1v) is 8.77. The average Bonchev–Trinajstić information content (AvgIpc) is 2.91. The maximum atomic E-state index is 12.6. The number of hydrogen-bond acceptors (Lipinski definition) is 4. The van der Waals surface area contributed by atoms with E-state index < -0.39 is 21.5 Å². The molecule has 1 aromatic carbocycles. The van der Waals surface area contributed by atoms with Gasteiger partial charge in [0.15, 0.2) is 5.60 Å². The Kier molecular flexibility index (Phi) is 4.60. The zero-order chi connectivity index (χ0) is 16.5. The van der Waals surface area contributed by atoms with Crippen LogP contribution in [0.3, 0.4) is 0 Å². The van der Waals surface area contributed by atoms with Crippen LogP contribution in [0.4, 0.5) is 0 Å². The molecule has 0 saturated carbocycles. The number of rotatable bonds is 5. The van der Waals surface area contributed by atoms with Crippen molar-refractivity contribution in [1.29, 1.82) is 0 Å². The fourth-order valence-electron chi connectivity index (χ4n) is 2.52. The molecule has 2 rings (SSSR count). The second-order valence-corrected chi connectivity index (χ2v) is 7.80. The zero-order valence-electron chi connectivity index (χ0n) is 12.8. The summed E-state index contributed by atoms with van der Waals surface area (Å²) < 4.78 is 26.2. The van der Waals surface area contributed by atoms with Gasteiger partial charge >= 0.3 is 0 Å². The molecule has 7 heteroatoms. The van der Waals surface area contributed by atoms with Gasteiger partial charge in [0.2, 0.25) is 10.0 Å². The summed E-state index contributed by atoms with van der Waals surface area (Å²) in [5, 5.41) is 10.0. The summed E-state index contributed by atoms with van der Waals surface area (Å²) in [5.74, 6) is -0.527. The van der Waals surface area contributed by atoms with Crippen LogP contribution >= 0.6 is 0 Å². The summed E-state index contributed by atoms with van der Waals surface area (Å²) in [6.07, 6.45) is 0.996. The molecule has 2 atom stereocenters. The normalized spacial score (nSPS) is 24.3. The van der Waals surface area contributed by atoms with Gasteiger partial charge in [0, 0.05) is 13.0 Å². The van der Waals surface area contributed by atoms with Gasteiger partial charge in [-0.05, 0) is 30.0 Å². The first-order chi connectivity index (χ1) is 10.2. The van der Waals surface area contributed by atoms with E-state index in [2.05, 4.69) is 13.8 Å². The van der Waals surface area contributed by atoms with E-state index in [-0.39, 0.29) is 24.4 Å². The Morgan fingerprint density at radius 1 is 1.41 bits per heavy atom. The highest BCUT2D eigenvalue weighted by Crippen LogP contribution is 2.28. The molecule has 0 aliphatic carbocycles. The fourth-order valence-corrected chi connectivity index (χ4v) is 4.01. The Morgan fingerprint density at radius 3 is 2.45 bits per heavy atom. The van der Waals surface area contributed by atoms with E-state index >= 15 is 0 Å². The van der Waals surface area contributed by atoms with E-state index in [1.54, 1.807) is 24.3 Å². The van der Waals surface area contributed by atoms with Crippen molar-refractivity contribution in [3.63, 3.8) is 0 Å². The summed E-state index contributed by atoms with van der Waals surface area (Å²) >= 11 is 0. The quantitative estimate of drug-likeness (QED) is 0.836. The molecule has 1 aliphatic heterocycles. The molecule has 0 spiro atoms. The predicted molar refractivity (Wildman–Crippen MR) is 82.7 cm³/mol. The lowest BCUT2D eigenvalue weighted by molar-refractivity contribution is -0.134. The molecule has 1 heterocycles. The molecular formula is C15H22N2O4S. The van der Waals surface area contributed by atoms with Crippen molar-refractivity contribution in [2.45, 2.75) is 43.1 Å². The van der Waals surface area contributed by atoms with Crippen molar-refractivity contribution in [2.24, 2.45) is 5.73 Å². The minimum absolute atomic E-state index is 0.0204. The zero-order valence-corrected chi connectivity index (χ0v) is 13.6. The Balaban J connectivity index is 2.23. The van der Waals surface area contributed by atoms with Gasteiger partial charge in [0.25, 0.3) is 5.91 Å². The summed E-state index contributed by atoms with van der Waals surface area (Å²) in [7, 11) is -3.73. The maximum Gasteiger partial charge on any atom is 0.250 e. The van der Waals surface area contributed by atoms with Crippen molar-refractivity contribution in [3.05, 3.63) is 29.8 Å². The van der Waals surface area contributed by atoms with Crippen LogP contribution in [0.1, 0.15) is 38.2 Å². The van der Waals surface area contributed by atoms with Crippen LogP contribution in [-0.4, -0.2) is 42.4 Å². The van der Waals surface area contributed by atoms with E-state index in [4.69, 9.17) is 5.73 Å². The third-order valence-corrected chi connectivity index (χ3v) is 6.23. The highest BCUT2D eigenvalue weighted by molar-refractivity contribution is 7.89. The molecule has 22 heavy (non-hydrogen) atoms. The number of aliphatic hydroxyl groups is 1. The number of β-amino-alcohol motifs (C(OH)–C–C–N with tert-alkyl or cyclic N) is 1. The van der Waals surface area contributed by atoms with E-state index in [1.165, 1.54) is 0 Å².